The first-order valence-electron chi connectivity index (χ1n) is 4.57. The zero-order valence-corrected chi connectivity index (χ0v) is 8.49. The van der Waals surface area contributed by atoms with Gasteiger partial charge >= 0.3 is 0 Å². The number of non-ortho nitro benzene ring substituents is 1. The highest BCUT2D eigenvalue weighted by atomic mass is 16.6. The summed E-state index contributed by atoms with van der Waals surface area (Å²) >= 11 is 0. The van der Waals surface area contributed by atoms with Crippen molar-refractivity contribution < 1.29 is 4.92 Å². The SMILES string of the molecule is CC#CCNCc1ccc([N+](=O)[O-])cc1. The lowest BCUT2D eigenvalue weighted by atomic mass is 10.2. The second kappa shape index (κ2) is 5.78. The molecule has 0 aromatic heterocycles. The van der Waals surface area contributed by atoms with Crippen LogP contribution in [0.3, 0.4) is 0 Å². The number of rotatable bonds is 4. The molecule has 1 aromatic rings. The summed E-state index contributed by atoms with van der Waals surface area (Å²) in [4.78, 5) is 9.98. The monoisotopic (exact) mass is 204 g/mol. The molecule has 1 N–H and O–H groups in total. The van der Waals surface area contributed by atoms with Crippen molar-refractivity contribution in [3.8, 4) is 11.8 Å². The van der Waals surface area contributed by atoms with E-state index in [0.29, 0.717) is 13.1 Å². The van der Waals surface area contributed by atoms with Gasteiger partial charge in [0.2, 0.25) is 0 Å². The fourth-order valence-corrected chi connectivity index (χ4v) is 1.09. The van der Waals surface area contributed by atoms with Gasteiger partial charge in [-0.25, -0.2) is 0 Å². The van der Waals surface area contributed by atoms with Crippen LogP contribution < -0.4 is 5.32 Å². The third-order valence-corrected chi connectivity index (χ3v) is 1.87. The Balaban J connectivity index is 2.48. The van der Waals surface area contributed by atoms with Gasteiger partial charge in [0, 0.05) is 18.7 Å². The van der Waals surface area contributed by atoms with E-state index < -0.39 is 4.92 Å². The van der Waals surface area contributed by atoms with Gasteiger partial charge in [-0.15, -0.1) is 5.92 Å². The quantitative estimate of drug-likeness (QED) is 0.351. The Kier molecular flexibility index (Phi) is 4.32. The average molecular weight is 204 g/mol. The number of nitrogens with zero attached hydrogens (tertiary/aromatic N) is 1. The van der Waals surface area contributed by atoms with Crippen LogP contribution >= 0.6 is 0 Å². The molecule has 0 fully saturated rings. The summed E-state index contributed by atoms with van der Waals surface area (Å²) in [6.07, 6.45) is 0. The fraction of sp³-hybridized carbons (Fsp3) is 0.273. The van der Waals surface area contributed by atoms with Crippen molar-refractivity contribution in [2.24, 2.45) is 0 Å². The van der Waals surface area contributed by atoms with Gasteiger partial charge in [0.1, 0.15) is 0 Å². The van der Waals surface area contributed by atoms with Gasteiger partial charge in [-0.05, 0) is 12.5 Å². The summed E-state index contributed by atoms with van der Waals surface area (Å²) in [7, 11) is 0. The van der Waals surface area contributed by atoms with E-state index in [9.17, 15) is 10.1 Å². The first-order valence-corrected chi connectivity index (χ1v) is 4.57. The van der Waals surface area contributed by atoms with Crippen LogP contribution in [0.5, 0.6) is 0 Å². The van der Waals surface area contributed by atoms with E-state index in [1.54, 1.807) is 19.1 Å². The summed E-state index contributed by atoms with van der Waals surface area (Å²) in [6, 6.07) is 6.49. The van der Waals surface area contributed by atoms with Crippen LogP contribution in [0.25, 0.3) is 0 Å². The van der Waals surface area contributed by atoms with E-state index in [2.05, 4.69) is 17.2 Å². The normalized spacial score (nSPS) is 9.13. The molecule has 4 heteroatoms. The molecule has 78 valence electrons. The molecule has 0 atom stereocenters. The van der Waals surface area contributed by atoms with Crippen LogP contribution in [0.4, 0.5) is 5.69 Å². The summed E-state index contributed by atoms with van der Waals surface area (Å²) in [5, 5.41) is 13.5. The predicted octanol–water partition coefficient (Wildman–Crippen LogP) is 1.71. The van der Waals surface area contributed by atoms with Gasteiger partial charge in [0.05, 0.1) is 11.5 Å². The lowest BCUT2D eigenvalue weighted by molar-refractivity contribution is -0.384. The van der Waals surface area contributed by atoms with Crippen molar-refractivity contribution >= 4 is 5.69 Å². The second-order valence-electron chi connectivity index (χ2n) is 2.95. The number of hydrogen-bond donors (Lipinski definition) is 1. The van der Waals surface area contributed by atoms with Crippen molar-refractivity contribution in [3.05, 3.63) is 39.9 Å². The number of nitro benzene ring substituents is 1. The molecular weight excluding hydrogens is 192 g/mol. The fourth-order valence-electron chi connectivity index (χ4n) is 1.09. The number of nitro groups is 1. The van der Waals surface area contributed by atoms with Gasteiger partial charge in [-0.3, -0.25) is 10.1 Å². The minimum Gasteiger partial charge on any atom is -0.302 e. The van der Waals surface area contributed by atoms with Crippen molar-refractivity contribution in [1.29, 1.82) is 0 Å². The third kappa shape index (κ3) is 3.79. The highest BCUT2D eigenvalue weighted by Crippen LogP contribution is 2.11. The molecule has 1 aromatic carbocycles. The predicted molar refractivity (Wildman–Crippen MR) is 58.3 cm³/mol. The Labute approximate surface area is 88.5 Å². The Bertz CT molecular complexity index is 387. The highest BCUT2D eigenvalue weighted by molar-refractivity contribution is 5.32. The van der Waals surface area contributed by atoms with E-state index in [1.807, 2.05) is 0 Å². The van der Waals surface area contributed by atoms with Crippen molar-refractivity contribution in [1.82, 2.24) is 5.32 Å². The Morgan fingerprint density at radius 3 is 2.60 bits per heavy atom. The maximum atomic E-state index is 10.4. The molecule has 4 nitrogen and oxygen atoms in total. The highest BCUT2D eigenvalue weighted by Gasteiger charge is 2.02. The van der Waals surface area contributed by atoms with Crippen molar-refractivity contribution in [3.63, 3.8) is 0 Å². The molecule has 0 saturated carbocycles. The Hall–Kier alpha value is -1.86. The van der Waals surface area contributed by atoms with E-state index in [4.69, 9.17) is 0 Å². The molecule has 1 rings (SSSR count). The average Bonchev–Trinajstić information content (AvgIpc) is 2.25. The van der Waals surface area contributed by atoms with E-state index in [1.165, 1.54) is 12.1 Å². The molecule has 0 spiro atoms. The van der Waals surface area contributed by atoms with Crippen LogP contribution in [0, 0.1) is 22.0 Å². The summed E-state index contributed by atoms with van der Waals surface area (Å²) < 4.78 is 0. The lowest BCUT2D eigenvalue weighted by Crippen LogP contribution is -2.12. The standard InChI is InChI=1S/C11H12N2O2/c1-2-3-8-12-9-10-4-6-11(7-5-10)13(14)15/h4-7,12H,8-9H2,1H3. The third-order valence-electron chi connectivity index (χ3n) is 1.87. The molecule has 0 aliphatic rings. The first kappa shape index (κ1) is 11.2. The van der Waals surface area contributed by atoms with Gasteiger partial charge in [-0.1, -0.05) is 18.1 Å². The van der Waals surface area contributed by atoms with Gasteiger partial charge in [0.25, 0.3) is 5.69 Å². The Morgan fingerprint density at radius 1 is 1.40 bits per heavy atom. The molecular formula is C11H12N2O2. The van der Waals surface area contributed by atoms with Crippen LogP contribution in [-0.4, -0.2) is 11.5 Å². The van der Waals surface area contributed by atoms with Crippen LogP contribution in [0.15, 0.2) is 24.3 Å². The molecule has 0 unspecified atom stereocenters. The minimum atomic E-state index is -0.403. The van der Waals surface area contributed by atoms with Gasteiger partial charge in [0.15, 0.2) is 0 Å². The topological polar surface area (TPSA) is 55.2 Å². The molecule has 0 radical (unpaired) electrons. The summed E-state index contributed by atoms with van der Waals surface area (Å²) in [5.41, 5.74) is 1.13. The number of hydrogen-bond acceptors (Lipinski definition) is 3. The van der Waals surface area contributed by atoms with E-state index in [0.717, 1.165) is 5.56 Å². The zero-order valence-electron chi connectivity index (χ0n) is 8.49. The van der Waals surface area contributed by atoms with Crippen molar-refractivity contribution in [2.75, 3.05) is 6.54 Å². The molecule has 0 amide bonds. The smallest absolute Gasteiger partial charge is 0.269 e. The maximum absolute atomic E-state index is 10.4. The molecule has 0 heterocycles. The van der Waals surface area contributed by atoms with Crippen LogP contribution in [0.1, 0.15) is 12.5 Å². The second-order valence-corrected chi connectivity index (χ2v) is 2.95. The zero-order chi connectivity index (χ0) is 11.1. The summed E-state index contributed by atoms with van der Waals surface area (Å²) in [5.74, 6) is 5.65. The van der Waals surface area contributed by atoms with E-state index >= 15 is 0 Å². The Morgan fingerprint density at radius 2 is 2.07 bits per heavy atom. The van der Waals surface area contributed by atoms with Gasteiger partial charge in [-0.2, -0.15) is 0 Å². The van der Waals surface area contributed by atoms with Crippen molar-refractivity contribution in [2.45, 2.75) is 13.5 Å². The molecule has 0 saturated heterocycles. The van der Waals surface area contributed by atoms with Crippen LogP contribution in [-0.2, 0) is 6.54 Å². The largest absolute Gasteiger partial charge is 0.302 e. The minimum absolute atomic E-state index is 0.118. The summed E-state index contributed by atoms with van der Waals surface area (Å²) in [6.45, 7) is 3.09. The molecule has 0 aliphatic heterocycles. The molecule has 15 heavy (non-hydrogen) atoms. The first-order chi connectivity index (χ1) is 7.24. The molecule has 0 aliphatic carbocycles. The van der Waals surface area contributed by atoms with Crippen LogP contribution in [0.2, 0.25) is 0 Å². The van der Waals surface area contributed by atoms with Gasteiger partial charge < -0.3 is 5.32 Å². The number of benzene rings is 1. The number of nitrogens with one attached hydrogen (secondary N) is 1. The van der Waals surface area contributed by atoms with E-state index in [-0.39, 0.29) is 5.69 Å². The maximum Gasteiger partial charge on any atom is 0.269 e. The lowest BCUT2D eigenvalue weighted by Gasteiger charge is -2.00. The molecule has 0 bridgehead atoms.